The fourth-order valence-corrected chi connectivity index (χ4v) is 5.09. The molecule has 1 saturated heterocycles. The fourth-order valence-electron chi connectivity index (χ4n) is 4.62. The number of carbonyl (C=O) groups is 4. The SMILES string of the molecule is CCC(C)C(NC(=O)C(CCSC)NC(=O)C1CCCN1)C(=O)NC(Cc1c[nH]c2ccccc12)C(=O)O. The van der Waals surface area contributed by atoms with Crippen LogP contribution in [0.5, 0.6) is 0 Å². The Bertz CT molecular complexity index is 1120. The van der Waals surface area contributed by atoms with Gasteiger partial charge in [0.15, 0.2) is 0 Å². The van der Waals surface area contributed by atoms with E-state index in [0.29, 0.717) is 25.0 Å². The molecule has 1 fully saturated rings. The highest BCUT2D eigenvalue weighted by Gasteiger charge is 2.33. The lowest BCUT2D eigenvalue weighted by Gasteiger charge is -2.28. The number of thioether (sulfide) groups is 1. The van der Waals surface area contributed by atoms with Crippen molar-refractivity contribution >= 4 is 46.4 Å². The normalized spacial score (nSPS) is 18.3. The van der Waals surface area contributed by atoms with Crippen LogP contribution in [0.15, 0.2) is 30.5 Å². The first-order valence-corrected chi connectivity index (χ1v) is 14.6. The van der Waals surface area contributed by atoms with Crippen LogP contribution in [0.2, 0.25) is 0 Å². The molecule has 1 aliphatic rings. The van der Waals surface area contributed by atoms with Crippen LogP contribution in [0.3, 0.4) is 0 Å². The van der Waals surface area contributed by atoms with E-state index in [4.69, 9.17) is 0 Å². The number of aromatic nitrogens is 1. The topological polar surface area (TPSA) is 152 Å². The van der Waals surface area contributed by atoms with Gasteiger partial charge in [-0.05, 0) is 55.4 Å². The minimum atomic E-state index is -1.18. The molecule has 10 nitrogen and oxygen atoms in total. The van der Waals surface area contributed by atoms with E-state index in [0.717, 1.165) is 29.4 Å². The van der Waals surface area contributed by atoms with Crippen LogP contribution >= 0.6 is 11.8 Å². The molecule has 3 amide bonds. The molecule has 2 aromatic rings. The Morgan fingerprint density at radius 1 is 1.11 bits per heavy atom. The number of rotatable bonds is 14. The summed E-state index contributed by atoms with van der Waals surface area (Å²) < 4.78 is 0. The summed E-state index contributed by atoms with van der Waals surface area (Å²) in [5, 5.41) is 22.2. The molecule has 0 radical (unpaired) electrons. The predicted molar refractivity (Wildman–Crippen MR) is 149 cm³/mol. The summed E-state index contributed by atoms with van der Waals surface area (Å²) in [6.45, 7) is 4.49. The number of nitrogens with one attached hydrogen (secondary N) is 5. The molecule has 1 aliphatic heterocycles. The molecule has 0 aliphatic carbocycles. The van der Waals surface area contributed by atoms with Gasteiger partial charge in [-0.2, -0.15) is 11.8 Å². The molecular formula is C27H39N5O5S. The smallest absolute Gasteiger partial charge is 0.326 e. The van der Waals surface area contributed by atoms with Crippen LogP contribution in [0.25, 0.3) is 10.9 Å². The number of hydrogen-bond acceptors (Lipinski definition) is 6. The summed E-state index contributed by atoms with van der Waals surface area (Å²) in [7, 11) is 0. The number of aromatic amines is 1. The monoisotopic (exact) mass is 545 g/mol. The maximum absolute atomic E-state index is 13.4. The molecule has 0 bridgehead atoms. The minimum Gasteiger partial charge on any atom is -0.480 e. The third kappa shape index (κ3) is 7.73. The first-order chi connectivity index (χ1) is 18.2. The lowest BCUT2D eigenvalue weighted by atomic mass is 9.96. The molecular weight excluding hydrogens is 506 g/mol. The van der Waals surface area contributed by atoms with Crippen molar-refractivity contribution in [3.63, 3.8) is 0 Å². The van der Waals surface area contributed by atoms with Crippen LogP contribution in [0.1, 0.15) is 45.1 Å². The van der Waals surface area contributed by atoms with E-state index in [2.05, 4.69) is 26.3 Å². The number of hydrogen-bond donors (Lipinski definition) is 6. The number of H-pyrrole nitrogens is 1. The van der Waals surface area contributed by atoms with Crippen LogP contribution in [-0.2, 0) is 25.6 Å². The van der Waals surface area contributed by atoms with Gasteiger partial charge in [0.2, 0.25) is 17.7 Å². The van der Waals surface area contributed by atoms with Crippen molar-refractivity contribution in [2.45, 2.75) is 70.1 Å². The zero-order chi connectivity index (χ0) is 27.7. The van der Waals surface area contributed by atoms with Gasteiger partial charge in [-0.3, -0.25) is 14.4 Å². The van der Waals surface area contributed by atoms with E-state index in [-0.39, 0.29) is 24.3 Å². The summed E-state index contributed by atoms with van der Waals surface area (Å²) in [6.07, 6.45) is 6.38. The summed E-state index contributed by atoms with van der Waals surface area (Å²) >= 11 is 1.56. The summed E-state index contributed by atoms with van der Waals surface area (Å²) in [6, 6.07) is 4.31. The molecule has 2 heterocycles. The van der Waals surface area contributed by atoms with Crippen molar-refractivity contribution < 1.29 is 24.3 Å². The maximum Gasteiger partial charge on any atom is 0.326 e. The first-order valence-electron chi connectivity index (χ1n) is 13.2. The largest absolute Gasteiger partial charge is 0.480 e. The Hall–Kier alpha value is -3.05. The van der Waals surface area contributed by atoms with Crippen molar-refractivity contribution in [2.75, 3.05) is 18.6 Å². The van der Waals surface area contributed by atoms with Crippen LogP contribution in [0, 0.1) is 5.92 Å². The standard InChI is InChI=1S/C27H39N5O5S/c1-4-16(2)23(32-25(34)21(11-13-38-3)30-24(33)20-10-7-12-28-20)26(35)31-22(27(36)37)14-17-15-29-19-9-6-5-8-18(17)19/h5-6,8-9,15-16,20-23,28-29H,4,7,10-14H2,1-3H3,(H,30,33)(H,31,35)(H,32,34)(H,36,37). The molecule has 3 rings (SSSR count). The fraction of sp³-hybridized carbons (Fsp3) is 0.556. The number of para-hydroxylation sites is 1. The van der Waals surface area contributed by atoms with Gasteiger partial charge in [-0.15, -0.1) is 0 Å². The zero-order valence-electron chi connectivity index (χ0n) is 22.2. The van der Waals surface area contributed by atoms with Crippen molar-refractivity contribution in [1.29, 1.82) is 0 Å². The highest BCUT2D eigenvalue weighted by molar-refractivity contribution is 7.98. The van der Waals surface area contributed by atoms with E-state index in [1.54, 1.807) is 18.0 Å². The Morgan fingerprint density at radius 2 is 1.87 bits per heavy atom. The Kier molecular flexibility index (Phi) is 11.0. The lowest BCUT2D eigenvalue weighted by Crippen LogP contribution is -2.58. The van der Waals surface area contributed by atoms with Crippen molar-refractivity contribution in [2.24, 2.45) is 5.92 Å². The number of fused-ring (bicyclic) bond motifs is 1. The second-order valence-electron chi connectivity index (χ2n) is 9.83. The van der Waals surface area contributed by atoms with Gasteiger partial charge in [-0.25, -0.2) is 4.79 Å². The molecule has 208 valence electrons. The van der Waals surface area contributed by atoms with Gasteiger partial charge in [-0.1, -0.05) is 38.5 Å². The van der Waals surface area contributed by atoms with E-state index < -0.39 is 35.9 Å². The zero-order valence-corrected chi connectivity index (χ0v) is 23.0. The number of aliphatic carboxylic acids is 1. The first kappa shape index (κ1) is 29.5. The van der Waals surface area contributed by atoms with E-state index in [1.807, 2.05) is 44.4 Å². The van der Waals surface area contributed by atoms with E-state index in [1.165, 1.54) is 0 Å². The van der Waals surface area contributed by atoms with Gasteiger partial charge in [0, 0.05) is 23.5 Å². The highest BCUT2D eigenvalue weighted by atomic mass is 32.2. The lowest BCUT2D eigenvalue weighted by molar-refractivity contribution is -0.142. The number of carboxylic acid groups (broad SMARTS) is 1. The van der Waals surface area contributed by atoms with Gasteiger partial charge in [0.05, 0.1) is 6.04 Å². The minimum absolute atomic E-state index is 0.0903. The number of amides is 3. The Labute approximate surface area is 227 Å². The molecule has 11 heteroatoms. The predicted octanol–water partition coefficient (Wildman–Crippen LogP) is 1.80. The number of carbonyl (C=O) groups excluding carboxylic acids is 3. The van der Waals surface area contributed by atoms with E-state index >= 15 is 0 Å². The number of carboxylic acids is 1. The summed E-state index contributed by atoms with van der Waals surface area (Å²) in [5.41, 5.74) is 1.66. The quantitative estimate of drug-likeness (QED) is 0.212. The highest BCUT2D eigenvalue weighted by Crippen LogP contribution is 2.19. The second-order valence-corrected chi connectivity index (χ2v) is 10.8. The number of benzene rings is 1. The van der Waals surface area contributed by atoms with Gasteiger partial charge >= 0.3 is 5.97 Å². The Balaban J connectivity index is 1.71. The van der Waals surface area contributed by atoms with Crippen LogP contribution in [-0.4, -0.2) is 76.5 Å². The van der Waals surface area contributed by atoms with Gasteiger partial charge in [0.25, 0.3) is 0 Å². The molecule has 1 aromatic carbocycles. The molecule has 0 saturated carbocycles. The summed E-state index contributed by atoms with van der Waals surface area (Å²) in [4.78, 5) is 54.6. The van der Waals surface area contributed by atoms with Crippen molar-refractivity contribution in [1.82, 2.24) is 26.3 Å². The molecule has 6 N–H and O–H groups in total. The van der Waals surface area contributed by atoms with Crippen LogP contribution in [0.4, 0.5) is 0 Å². The average Bonchev–Trinajstić information content (AvgIpc) is 3.59. The van der Waals surface area contributed by atoms with Crippen molar-refractivity contribution in [3.05, 3.63) is 36.0 Å². The maximum atomic E-state index is 13.4. The molecule has 5 atom stereocenters. The van der Waals surface area contributed by atoms with E-state index in [9.17, 15) is 24.3 Å². The second kappa shape index (κ2) is 14.2. The van der Waals surface area contributed by atoms with Gasteiger partial charge in [0.1, 0.15) is 18.1 Å². The van der Waals surface area contributed by atoms with Crippen molar-refractivity contribution in [3.8, 4) is 0 Å². The van der Waals surface area contributed by atoms with Gasteiger partial charge < -0.3 is 31.4 Å². The third-order valence-electron chi connectivity index (χ3n) is 7.13. The average molecular weight is 546 g/mol. The molecule has 1 aromatic heterocycles. The molecule has 38 heavy (non-hydrogen) atoms. The molecule has 0 spiro atoms. The third-order valence-corrected chi connectivity index (χ3v) is 7.77. The Morgan fingerprint density at radius 3 is 2.53 bits per heavy atom. The molecule has 5 unspecified atom stereocenters. The summed E-state index contributed by atoms with van der Waals surface area (Å²) in [5.74, 6) is -2.00. The van der Waals surface area contributed by atoms with Crippen LogP contribution < -0.4 is 21.3 Å².